The second kappa shape index (κ2) is 4.26. The Hall–Kier alpha value is -1.64. The van der Waals surface area contributed by atoms with Gasteiger partial charge < -0.3 is 4.52 Å². The van der Waals surface area contributed by atoms with Gasteiger partial charge in [-0.05, 0) is 5.92 Å². The summed E-state index contributed by atoms with van der Waals surface area (Å²) >= 11 is 0. The van der Waals surface area contributed by atoms with Crippen LogP contribution in [0.25, 0.3) is 11.4 Å². The molecule has 78 valence electrons. The van der Waals surface area contributed by atoms with Gasteiger partial charge in [-0.1, -0.05) is 49.3 Å². The molecule has 15 heavy (non-hydrogen) atoms. The van der Waals surface area contributed by atoms with Gasteiger partial charge in [0.05, 0.1) is 0 Å². The molecule has 0 bridgehead atoms. The average Bonchev–Trinajstić information content (AvgIpc) is 2.67. The van der Waals surface area contributed by atoms with Gasteiger partial charge in [0.25, 0.3) is 0 Å². The van der Waals surface area contributed by atoms with Crippen LogP contribution in [0.3, 0.4) is 0 Å². The monoisotopic (exact) mass is 202 g/mol. The van der Waals surface area contributed by atoms with E-state index in [0.717, 1.165) is 12.0 Å². The average molecular weight is 202 g/mol. The molecule has 1 aromatic heterocycles. The first-order valence-electron chi connectivity index (χ1n) is 5.13. The molecule has 0 aliphatic rings. The molecule has 0 saturated carbocycles. The van der Waals surface area contributed by atoms with E-state index in [0.29, 0.717) is 17.6 Å². The molecule has 0 spiro atoms. The van der Waals surface area contributed by atoms with Crippen molar-refractivity contribution in [3.63, 3.8) is 0 Å². The van der Waals surface area contributed by atoms with Gasteiger partial charge in [0.2, 0.25) is 11.7 Å². The number of aromatic nitrogens is 2. The SMILES string of the molecule is CC(C)Cc1nc(-c2ccccc2)no1. The molecule has 3 nitrogen and oxygen atoms in total. The Kier molecular flexibility index (Phi) is 2.81. The molecule has 0 atom stereocenters. The van der Waals surface area contributed by atoms with Crippen LogP contribution in [-0.2, 0) is 6.42 Å². The van der Waals surface area contributed by atoms with Crippen molar-refractivity contribution in [2.45, 2.75) is 20.3 Å². The van der Waals surface area contributed by atoms with E-state index in [-0.39, 0.29) is 0 Å². The van der Waals surface area contributed by atoms with Crippen molar-refractivity contribution < 1.29 is 4.52 Å². The normalized spacial score (nSPS) is 10.9. The van der Waals surface area contributed by atoms with Gasteiger partial charge >= 0.3 is 0 Å². The van der Waals surface area contributed by atoms with Crippen LogP contribution in [0, 0.1) is 5.92 Å². The van der Waals surface area contributed by atoms with Crippen LogP contribution in [0.1, 0.15) is 19.7 Å². The van der Waals surface area contributed by atoms with E-state index in [4.69, 9.17) is 4.52 Å². The second-order valence-corrected chi connectivity index (χ2v) is 3.98. The number of benzene rings is 1. The highest BCUT2D eigenvalue weighted by molar-refractivity contribution is 5.53. The summed E-state index contributed by atoms with van der Waals surface area (Å²) in [4.78, 5) is 4.34. The highest BCUT2D eigenvalue weighted by Crippen LogP contribution is 2.15. The molecule has 0 unspecified atom stereocenters. The summed E-state index contributed by atoms with van der Waals surface area (Å²) in [5, 5.41) is 3.95. The van der Waals surface area contributed by atoms with Crippen LogP contribution in [0.2, 0.25) is 0 Å². The molecule has 0 aliphatic carbocycles. The number of hydrogen-bond acceptors (Lipinski definition) is 3. The van der Waals surface area contributed by atoms with E-state index >= 15 is 0 Å². The van der Waals surface area contributed by atoms with E-state index in [1.54, 1.807) is 0 Å². The fourth-order valence-corrected chi connectivity index (χ4v) is 1.39. The van der Waals surface area contributed by atoms with E-state index in [2.05, 4.69) is 24.0 Å². The highest BCUT2D eigenvalue weighted by Gasteiger charge is 2.08. The lowest BCUT2D eigenvalue weighted by Gasteiger charge is -1.96. The Balaban J connectivity index is 2.21. The van der Waals surface area contributed by atoms with Crippen molar-refractivity contribution in [3.05, 3.63) is 36.2 Å². The Morgan fingerprint density at radius 3 is 2.60 bits per heavy atom. The lowest BCUT2D eigenvalue weighted by atomic mass is 10.1. The van der Waals surface area contributed by atoms with Crippen LogP contribution in [-0.4, -0.2) is 10.1 Å². The molecular formula is C12H14N2O. The van der Waals surface area contributed by atoms with E-state index in [9.17, 15) is 0 Å². The zero-order valence-electron chi connectivity index (χ0n) is 8.97. The number of nitrogens with zero attached hydrogens (tertiary/aromatic N) is 2. The third kappa shape index (κ3) is 2.43. The molecule has 0 saturated heterocycles. The summed E-state index contributed by atoms with van der Waals surface area (Å²) in [7, 11) is 0. The molecule has 2 aromatic rings. The van der Waals surface area contributed by atoms with Crippen molar-refractivity contribution in [2.75, 3.05) is 0 Å². The molecule has 1 heterocycles. The van der Waals surface area contributed by atoms with Gasteiger partial charge in [0.1, 0.15) is 0 Å². The van der Waals surface area contributed by atoms with Crippen LogP contribution in [0.5, 0.6) is 0 Å². The predicted molar refractivity (Wildman–Crippen MR) is 58.3 cm³/mol. The lowest BCUT2D eigenvalue weighted by Crippen LogP contribution is -1.93. The molecule has 2 rings (SSSR count). The van der Waals surface area contributed by atoms with Crippen LogP contribution in [0.15, 0.2) is 34.9 Å². The third-order valence-electron chi connectivity index (χ3n) is 2.08. The first-order valence-corrected chi connectivity index (χ1v) is 5.13. The van der Waals surface area contributed by atoms with Crippen molar-refractivity contribution in [3.8, 4) is 11.4 Å². The highest BCUT2D eigenvalue weighted by atomic mass is 16.5. The van der Waals surface area contributed by atoms with E-state index < -0.39 is 0 Å². The minimum Gasteiger partial charge on any atom is -0.339 e. The molecule has 1 aromatic carbocycles. The minimum atomic E-state index is 0.536. The van der Waals surface area contributed by atoms with Gasteiger partial charge in [-0.25, -0.2) is 0 Å². The molecule has 3 heteroatoms. The quantitative estimate of drug-likeness (QED) is 0.768. The predicted octanol–water partition coefficient (Wildman–Crippen LogP) is 2.94. The van der Waals surface area contributed by atoms with Gasteiger partial charge in [-0.2, -0.15) is 4.98 Å². The lowest BCUT2D eigenvalue weighted by molar-refractivity contribution is 0.363. The topological polar surface area (TPSA) is 38.9 Å². The standard InChI is InChI=1S/C12H14N2O/c1-9(2)8-11-13-12(14-15-11)10-6-4-3-5-7-10/h3-7,9H,8H2,1-2H3. The zero-order valence-corrected chi connectivity index (χ0v) is 8.97. The molecule has 0 aliphatic heterocycles. The molecular weight excluding hydrogens is 188 g/mol. The van der Waals surface area contributed by atoms with Gasteiger partial charge in [-0.15, -0.1) is 0 Å². The van der Waals surface area contributed by atoms with E-state index in [1.165, 1.54) is 0 Å². The fourth-order valence-electron chi connectivity index (χ4n) is 1.39. The van der Waals surface area contributed by atoms with Crippen LogP contribution < -0.4 is 0 Å². The first kappa shape index (κ1) is 9.90. The smallest absolute Gasteiger partial charge is 0.227 e. The Morgan fingerprint density at radius 1 is 1.20 bits per heavy atom. The van der Waals surface area contributed by atoms with Crippen molar-refractivity contribution in [1.29, 1.82) is 0 Å². The second-order valence-electron chi connectivity index (χ2n) is 3.98. The Labute approximate surface area is 89.1 Å². The summed E-state index contributed by atoms with van der Waals surface area (Å²) in [5.74, 6) is 1.92. The van der Waals surface area contributed by atoms with Gasteiger partial charge in [0.15, 0.2) is 0 Å². The summed E-state index contributed by atoms with van der Waals surface area (Å²) in [6.07, 6.45) is 0.833. The maximum absolute atomic E-state index is 5.17. The van der Waals surface area contributed by atoms with Gasteiger partial charge in [0, 0.05) is 12.0 Å². The van der Waals surface area contributed by atoms with Gasteiger partial charge in [-0.3, -0.25) is 0 Å². The maximum Gasteiger partial charge on any atom is 0.227 e. The summed E-state index contributed by atoms with van der Waals surface area (Å²) in [5.41, 5.74) is 0.997. The summed E-state index contributed by atoms with van der Waals surface area (Å²) < 4.78 is 5.17. The van der Waals surface area contributed by atoms with Crippen LogP contribution in [0.4, 0.5) is 0 Å². The summed E-state index contributed by atoms with van der Waals surface area (Å²) in [6.45, 7) is 4.26. The number of hydrogen-bond donors (Lipinski definition) is 0. The van der Waals surface area contributed by atoms with Crippen molar-refractivity contribution in [1.82, 2.24) is 10.1 Å². The van der Waals surface area contributed by atoms with Crippen LogP contribution >= 0.6 is 0 Å². The van der Waals surface area contributed by atoms with Crippen molar-refractivity contribution in [2.24, 2.45) is 5.92 Å². The third-order valence-corrected chi connectivity index (χ3v) is 2.08. The molecule has 0 fully saturated rings. The Morgan fingerprint density at radius 2 is 1.93 bits per heavy atom. The molecule has 0 N–H and O–H groups in total. The zero-order chi connectivity index (χ0) is 10.7. The van der Waals surface area contributed by atoms with E-state index in [1.807, 2.05) is 30.3 Å². The molecule has 0 amide bonds. The minimum absolute atomic E-state index is 0.536. The Bertz CT molecular complexity index is 420. The maximum atomic E-state index is 5.17. The van der Waals surface area contributed by atoms with Crippen molar-refractivity contribution >= 4 is 0 Å². The largest absolute Gasteiger partial charge is 0.339 e. The first-order chi connectivity index (χ1) is 7.25. The summed E-state index contributed by atoms with van der Waals surface area (Å²) in [6, 6.07) is 9.86. The number of rotatable bonds is 3. The fraction of sp³-hybridized carbons (Fsp3) is 0.333. The molecule has 0 radical (unpaired) electrons.